The van der Waals surface area contributed by atoms with Gasteiger partial charge in [-0.2, -0.15) is 5.10 Å². The number of methoxy groups -OCH3 is 1. The van der Waals surface area contributed by atoms with Crippen LogP contribution in [0.4, 0.5) is 0 Å². The summed E-state index contributed by atoms with van der Waals surface area (Å²) in [6.45, 7) is 3.76. The third-order valence-electron chi connectivity index (χ3n) is 4.50. The molecule has 0 radical (unpaired) electrons. The molecule has 3 rings (SSSR count). The number of carbonyl (C=O) groups is 1. The molecule has 0 spiro atoms. The molecule has 0 amide bonds. The molecule has 5 nitrogen and oxygen atoms in total. The Bertz CT molecular complexity index is 1010. The SMILES string of the molecule is COc1ccc(/C=C/C(=O)c2c(C)nn(C)c2C)cc1CSc1ccccn1. The fourth-order valence-electron chi connectivity index (χ4n) is 2.98. The summed E-state index contributed by atoms with van der Waals surface area (Å²) in [4.78, 5) is 17.0. The van der Waals surface area contributed by atoms with Crippen molar-refractivity contribution in [2.24, 2.45) is 7.05 Å². The average Bonchev–Trinajstić information content (AvgIpc) is 2.97. The van der Waals surface area contributed by atoms with Crippen molar-refractivity contribution in [1.82, 2.24) is 14.8 Å². The van der Waals surface area contributed by atoms with Crippen molar-refractivity contribution in [3.63, 3.8) is 0 Å². The van der Waals surface area contributed by atoms with Crippen LogP contribution in [-0.4, -0.2) is 27.7 Å². The van der Waals surface area contributed by atoms with Gasteiger partial charge in [0.25, 0.3) is 0 Å². The standard InChI is InChI=1S/C22H23N3O2S/c1-15-22(16(2)25(3)24-15)19(26)10-8-17-9-11-20(27-4)18(13-17)14-28-21-7-5-6-12-23-21/h5-13H,14H2,1-4H3/b10-8+. The predicted molar refractivity (Wildman–Crippen MR) is 113 cm³/mol. The van der Waals surface area contributed by atoms with E-state index in [1.807, 2.05) is 63.4 Å². The zero-order chi connectivity index (χ0) is 20.1. The molecule has 2 aromatic heterocycles. The van der Waals surface area contributed by atoms with Gasteiger partial charge in [-0.25, -0.2) is 4.98 Å². The Morgan fingerprint density at radius 1 is 1.25 bits per heavy atom. The van der Waals surface area contributed by atoms with E-state index in [1.54, 1.807) is 35.8 Å². The first-order valence-electron chi connectivity index (χ1n) is 8.93. The van der Waals surface area contributed by atoms with Crippen LogP contribution in [0.15, 0.2) is 53.7 Å². The molecule has 3 aromatic rings. The third kappa shape index (κ3) is 4.51. The predicted octanol–water partition coefficient (Wildman–Crippen LogP) is 4.63. The van der Waals surface area contributed by atoms with E-state index in [4.69, 9.17) is 4.74 Å². The second-order valence-corrected chi connectivity index (χ2v) is 7.39. The molecule has 144 valence electrons. The van der Waals surface area contributed by atoms with E-state index in [1.165, 1.54) is 0 Å². The Morgan fingerprint density at radius 2 is 2.07 bits per heavy atom. The molecule has 6 heteroatoms. The number of hydrogen-bond acceptors (Lipinski definition) is 5. The highest BCUT2D eigenvalue weighted by atomic mass is 32.2. The van der Waals surface area contributed by atoms with Crippen LogP contribution in [0.3, 0.4) is 0 Å². The first-order chi connectivity index (χ1) is 13.5. The number of nitrogens with zero attached hydrogens (tertiary/aromatic N) is 3. The van der Waals surface area contributed by atoms with Gasteiger partial charge in [-0.15, -0.1) is 11.8 Å². The van der Waals surface area contributed by atoms with Crippen molar-refractivity contribution < 1.29 is 9.53 Å². The number of benzene rings is 1. The normalized spacial score (nSPS) is 11.1. The lowest BCUT2D eigenvalue weighted by Gasteiger charge is -2.09. The van der Waals surface area contributed by atoms with E-state index < -0.39 is 0 Å². The van der Waals surface area contributed by atoms with Gasteiger partial charge >= 0.3 is 0 Å². The van der Waals surface area contributed by atoms with Crippen LogP contribution in [0.5, 0.6) is 5.75 Å². The zero-order valence-corrected chi connectivity index (χ0v) is 17.3. The molecule has 1 aromatic carbocycles. The number of aryl methyl sites for hydroxylation is 2. The number of thioether (sulfide) groups is 1. The Morgan fingerprint density at radius 3 is 2.71 bits per heavy atom. The zero-order valence-electron chi connectivity index (χ0n) is 16.5. The summed E-state index contributed by atoms with van der Waals surface area (Å²) in [5.41, 5.74) is 4.29. The van der Waals surface area contributed by atoms with Crippen molar-refractivity contribution in [3.05, 3.63) is 76.7 Å². The summed E-state index contributed by atoms with van der Waals surface area (Å²) in [6, 6.07) is 11.8. The van der Waals surface area contributed by atoms with Gasteiger partial charge in [-0.05, 0) is 49.8 Å². The summed E-state index contributed by atoms with van der Waals surface area (Å²) < 4.78 is 7.21. The van der Waals surface area contributed by atoms with Gasteiger partial charge in [0, 0.05) is 30.3 Å². The highest BCUT2D eigenvalue weighted by molar-refractivity contribution is 7.98. The van der Waals surface area contributed by atoms with Crippen molar-refractivity contribution in [3.8, 4) is 5.75 Å². The molecule has 0 saturated heterocycles. The largest absolute Gasteiger partial charge is 0.496 e. The maximum atomic E-state index is 12.6. The van der Waals surface area contributed by atoms with Gasteiger partial charge in [0.15, 0.2) is 5.78 Å². The first kappa shape index (κ1) is 19.9. The van der Waals surface area contributed by atoms with Crippen LogP contribution in [0.2, 0.25) is 0 Å². The average molecular weight is 394 g/mol. The Balaban J connectivity index is 1.78. The van der Waals surface area contributed by atoms with Crippen LogP contribution in [0.1, 0.15) is 32.9 Å². The van der Waals surface area contributed by atoms with Crippen LogP contribution in [0, 0.1) is 13.8 Å². The highest BCUT2D eigenvalue weighted by Gasteiger charge is 2.15. The number of pyridine rings is 1. The number of ketones is 1. The minimum Gasteiger partial charge on any atom is -0.496 e. The fourth-order valence-corrected chi connectivity index (χ4v) is 3.82. The molecule has 0 N–H and O–H groups in total. The summed E-state index contributed by atoms with van der Waals surface area (Å²) in [5, 5.41) is 5.27. The van der Waals surface area contributed by atoms with Crippen molar-refractivity contribution in [1.29, 1.82) is 0 Å². The molecular weight excluding hydrogens is 370 g/mol. The molecule has 0 fully saturated rings. The summed E-state index contributed by atoms with van der Waals surface area (Å²) >= 11 is 1.65. The minimum atomic E-state index is -0.0386. The maximum Gasteiger partial charge on any atom is 0.189 e. The van der Waals surface area contributed by atoms with Gasteiger partial charge in [-0.3, -0.25) is 9.48 Å². The molecule has 0 saturated carbocycles. The van der Waals surface area contributed by atoms with E-state index in [0.29, 0.717) is 5.56 Å². The number of allylic oxidation sites excluding steroid dienone is 1. The lowest BCUT2D eigenvalue weighted by molar-refractivity contribution is 0.104. The Hall–Kier alpha value is -2.86. The Labute approximate surface area is 169 Å². The van der Waals surface area contributed by atoms with E-state index in [0.717, 1.165) is 39.0 Å². The molecule has 28 heavy (non-hydrogen) atoms. The molecule has 0 aliphatic rings. The van der Waals surface area contributed by atoms with Crippen molar-refractivity contribution >= 4 is 23.6 Å². The van der Waals surface area contributed by atoms with Gasteiger partial charge < -0.3 is 4.74 Å². The topological polar surface area (TPSA) is 57.0 Å². The molecular formula is C22H23N3O2S. The number of rotatable bonds is 7. The van der Waals surface area contributed by atoms with Crippen LogP contribution in [-0.2, 0) is 12.8 Å². The second kappa shape index (κ2) is 8.89. The summed E-state index contributed by atoms with van der Waals surface area (Å²) in [7, 11) is 3.51. The van der Waals surface area contributed by atoms with Gasteiger partial charge in [-0.1, -0.05) is 18.2 Å². The van der Waals surface area contributed by atoms with Gasteiger partial charge in [0.1, 0.15) is 5.75 Å². The van der Waals surface area contributed by atoms with Gasteiger partial charge in [0.05, 0.1) is 23.4 Å². The van der Waals surface area contributed by atoms with Crippen LogP contribution in [0.25, 0.3) is 6.08 Å². The number of aromatic nitrogens is 3. The molecule has 0 aliphatic carbocycles. The lowest BCUT2D eigenvalue weighted by Crippen LogP contribution is -1.99. The summed E-state index contributed by atoms with van der Waals surface area (Å²) in [6.07, 6.45) is 5.23. The molecule has 2 heterocycles. The molecule has 0 atom stereocenters. The molecule has 0 aliphatic heterocycles. The van der Waals surface area contributed by atoms with Crippen molar-refractivity contribution in [2.75, 3.05) is 7.11 Å². The minimum absolute atomic E-state index is 0.0386. The molecule has 0 unspecified atom stereocenters. The molecule has 0 bridgehead atoms. The van der Waals surface area contributed by atoms with Gasteiger partial charge in [0.2, 0.25) is 0 Å². The van der Waals surface area contributed by atoms with Crippen molar-refractivity contribution in [2.45, 2.75) is 24.6 Å². The quantitative estimate of drug-likeness (QED) is 0.333. The smallest absolute Gasteiger partial charge is 0.189 e. The monoisotopic (exact) mass is 393 g/mol. The first-order valence-corrected chi connectivity index (χ1v) is 9.91. The van der Waals surface area contributed by atoms with E-state index in [-0.39, 0.29) is 5.78 Å². The van der Waals surface area contributed by atoms with Crippen LogP contribution < -0.4 is 4.74 Å². The third-order valence-corrected chi connectivity index (χ3v) is 5.49. The highest BCUT2D eigenvalue weighted by Crippen LogP contribution is 2.28. The van der Waals surface area contributed by atoms with E-state index >= 15 is 0 Å². The van der Waals surface area contributed by atoms with Crippen LogP contribution >= 0.6 is 11.8 Å². The summed E-state index contributed by atoms with van der Waals surface area (Å²) in [5.74, 6) is 1.52. The number of ether oxygens (including phenoxy) is 1. The van der Waals surface area contributed by atoms with E-state index in [9.17, 15) is 4.79 Å². The number of hydrogen-bond donors (Lipinski definition) is 0. The fraction of sp³-hybridized carbons (Fsp3) is 0.227. The maximum absolute atomic E-state index is 12.6. The Kier molecular flexibility index (Phi) is 6.31. The number of carbonyl (C=O) groups excluding carboxylic acids is 1. The van der Waals surface area contributed by atoms with E-state index in [2.05, 4.69) is 10.1 Å². The second-order valence-electron chi connectivity index (χ2n) is 6.39. The lowest BCUT2D eigenvalue weighted by atomic mass is 10.1.